The highest BCUT2D eigenvalue weighted by Gasteiger charge is 2.39. The molecular weight excluding hydrogens is 276 g/mol. The number of quaternary nitrogens is 1. The van der Waals surface area contributed by atoms with Crippen molar-refractivity contribution < 1.29 is 4.59 Å². The van der Waals surface area contributed by atoms with Gasteiger partial charge in [0.15, 0.2) is 0 Å². The molecule has 3 heteroatoms. The van der Waals surface area contributed by atoms with Crippen molar-refractivity contribution in [2.24, 2.45) is 0 Å². The minimum absolute atomic E-state index is 1.17. The molecule has 2 aliphatic rings. The monoisotopic (exact) mass is 305 g/mol. The quantitative estimate of drug-likeness (QED) is 0.434. The number of halogens is 1. The van der Waals surface area contributed by atoms with Gasteiger partial charge in [0, 0.05) is 18.4 Å². The molecule has 2 rings (SSSR count). The summed E-state index contributed by atoms with van der Waals surface area (Å²) in [6.07, 6.45) is 8.49. The Kier molecular flexibility index (Phi) is 7.72. The summed E-state index contributed by atoms with van der Waals surface area (Å²) >= 11 is 3.54. The van der Waals surface area contributed by atoms with Crippen LogP contribution in [-0.4, -0.2) is 47.7 Å². The normalized spacial score (nSPS) is 23.5. The van der Waals surface area contributed by atoms with E-state index in [1.165, 1.54) is 81.2 Å². The Morgan fingerprint density at radius 2 is 1.53 bits per heavy atom. The van der Waals surface area contributed by atoms with Crippen LogP contribution in [0.15, 0.2) is 0 Å². The first-order chi connectivity index (χ1) is 8.37. The first-order valence-electron chi connectivity index (χ1n) is 7.55. The summed E-state index contributed by atoms with van der Waals surface area (Å²) in [6.45, 7) is 10.9. The van der Waals surface area contributed by atoms with Gasteiger partial charge in [-0.2, -0.15) is 5.01 Å². The molecule has 0 aromatic heterocycles. The van der Waals surface area contributed by atoms with Crippen LogP contribution in [0.25, 0.3) is 0 Å². The molecule has 0 amide bonds. The van der Waals surface area contributed by atoms with Crippen LogP contribution in [0, 0.1) is 0 Å². The number of nitrogens with zero attached hydrogens (tertiary/aromatic N) is 2. The van der Waals surface area contributed by atoms with E-state index >= 15 is 0 Å². The second-order valence-electron chi connectivity index (χ2n) is 5.03. The molecule has 0 radical (unpaired) electrons. The summed E-state index contributed by atoms with van der Waals surface area (Å²) in [6, 6.07) is 0. The van der Waals surface area contributed by atoms with Gasteiger partial charge in [-0.3, -0.25) is 0 Å². The van der Waals surface area contributed by atoms with Gasteiger partial charge in [-0.1, -0.05) is 29.8 Å². The lowest BCUT2D eigenvalue weighted by molar-refractivity contribution is -1.04. The van der Waals surface area contributed by atoms with Gasteiger partial charge in [-0.15, -0.1) is 0 Å². The van der Waals surface area contributed by atoms with Crippen molar-refractivity contribution in [2.75, 3.05) is 38.1 Å². The van der Waals surface area contributed by atoms with Crippen molar-refractivity contribution in [3.8, 4) is 0 Å². The molecule has 2 aliphatic heterocycles. The average molecular weight is 306 g/mol. The van der Waals surface area contributed by atoms with Crippen LogP contribution in [0.2, 0.25) is 0 Å². The Balaban J connectivity index is 0.000000686. The minimum Gasteiger partial charge on any atom is -0.243 e. The third-order valence-electron chi connectivity index (χ3n) is 4.04. The standard InChI is InChI=1S/C12H24BrN2.C2H6/c13-7-1-4-10-15-11-5-2-8-14(15)9-3-6-12-15;1-2/h1-12H2;1-2H3/q+1;. The molecule has 0 N–H and O–H groups in total. The van der Waals surface area contributed by atoms with Gasteiger partial charge in [0.05, 0.1) is 19.6 Å². The van der Waals surface area contributed by atoms with Crippen LogP contribution in [0.5, 0.6) is 0 Å². The predicted octanol–water partition coefficient (Wildman–Crippen LogP) is 3.81. The maximum Gasteiger partial charge on any atom is 0.0964 e. The second-order valence-corrected chi connectivity index (χ2v) is 5.82. The lowest BCUT2D eigenvalue weighted by atomic mass is 10.1. The number of fused-ring (bicyclic) bond motifs is 1. The summed E-state index contributed by atoms with van der Waals surface area (Å²) in [7, 11) is 0. The van der Waals surface area contributed by atoms with Gasteiger partial charge < -0.3 is 0 Å². The molecule has 2 fully saturated rings. The van der Waals surface area contributed by atoms with Crippen molar-refractivity contribution in [2.45, 2.75) is 52.4 Å². The SMILES string of the molecule is BrCCCC[N+]12CCCCN1CCCC2.CC. The van der Waals surface area contributed by atoms with E-state index in [-0.39, 0.29) is 0 Å². The maximum atomic E-state index is 3.54. The van der Waals surface area contributed by atoms with E-state index < -0.39 is 0 Å². The minimum atomic E-state index is 1.17. The zero-order valence-electron chi connectivity index (χ0n) is 11.8. The lowest BCUT2D eigenvalue weighted by Gasteiger charge is -2.51. The Bertz CT molecular complexity index is 185. The van der Waals surface area contributed by atoms with Gasteiger partial charge in [0.25, 0.3) is 0 Å². The topological polar surface area (TPSA) is 3.24 Å². The summed E-state index contributed by atoms with van der Waals surface area (Å²) in [5, 5.41) is 3.94. The largest absolute Gasteiger partial charge is 0.243 e. The molecule has 0 aliphatic carbocycles. The number of unbranched alkanes of at least 4 members (excludes halogenated alkanes) is 1. The van der Waals surface area contributed by atoms with Crippen molar-refractivity contribution in [1.29, 1.82) is 0 Å². The molecule has 2 saturated heterocycles. The van der Waals surface area contributed by atoms with Crippen LogP contribution >= 0.6 is 15.9 Å². The molecule has 2 heterocycles. The van der Waals surface area contributed by atoms with Gasteiger partial charge in [0.2, 0.25) is 0 Å². The van der Waals surface area contributed by atoms with Crippen molar-refractivity contribution in [1.82, 2.24) is 5.01 Å². The van der Waals surface area contributed by atoms with Gasteiger partial charge in [-0.05, 0) is 38.5 Å². The molecule has 17 heavy (non-hydrogen) atoms. The van der Waals surface area contributed by atoms with Gasteiger partial charge in [-0.25, -0.2) is 4.59 Å². The first kappa shape index (κ1) is 15.5. The van der Waals surface area contributed by atoms with Crippen LogP contribution < -0.4 is 0 Å². The molecule has 0 aromatic rings. The van der Waals surface area contributed by atoms with Crippen LogP contribution in [0.3, 0.4) is 0 Å². The Labute approximate surface area is 116 Å². The second kappa shape index (κ2) is 8.49. The van der Waals surface area contributed by atoms with Crippen molar-refractivity contribution in [3.05, 3.63) is 0 Å². The van der Waals surface area contributed by atoms with Crippen LogP contribution in [0.1, 0.15) is 52.4 Å². The predicted molar refractivity (Wildman–Crippen MR) is 79.3 cm³/mol. The Morgan fingerprint density at radius 3 is 2.06 bits per heavy atom. The van der Waals surface area contributed by atoms with Gasteiger partial charge in [0.1, 0.15) is 0 Å². The van der Waals surface area contributed by atoms with E-state index in [1.807, 2.05) is 13.8 Å². The third kappa shape index (κ3) is 4.22. The first-order valence-corrected chi connectivity index (χ1v) is 8.67. The fourth-order valence-corrected chi connectivity index (χ4v) is 3.59. The Hall–Kier alpha value is 0.400. The van der Waals surface area contributed by atoms with E-state index in [0.29, 0.717) is 0 Å². The lowest BCUT2D eigenvalue weighted by Crippen LogP contribution is -2.66. The molecular formula is C14H30BrN2+. The number of hydrogen-bond donors (Lipinski definition) is 0. The summed E-state index contributed by atoms with van der Waals surface area (Å²) < 4.78 is 1.34. The molecule has 0 spiro atoms. The van der Waals surface area contributed by atoms with Crippen LogP contribution in [-0.2, 0) is 0 Å². The van der Waals surface area contributed by atoms with E-state index in [9.17, 15) is 0 Å². The van der Waals surface area contributed by atoms with Gasteiger partial charge >= 0.3 is 0 Å². The molecule has 0 aromatic carbocycles. The van der Waals surface area contributed by atoms with E-state index in [4.69, 9.17) is 0 Å². The highest BCUT2D eigenvalue weighted by molar-refractivity contribution is 9.09. The fourth-order valence-electron chi connectivity index (χ4n) is 3.20. The van der Waals surface area contributed by atoms with E-state index in [0.717, 1.165) is 0 Å². The molecule has 0 atom stereocenters. The zero-order valence-corrected chi connectivity index (χ0v) is 13.3. The fraction of sp³-hybridized carbons (Fsp3) is 1.00. The number of rotatable bonds is 4. The average Bonchev–Trinajstić information content (AvgIpc) is 2.41. The molecule has 2 nitrogen and oxygen atoms in total. The van der Waals surface area contributed by atoms with E-state index in [1.54, 1.807) is 0 Å². The zero-order chi connectivity index (χ0) is 12.6. The Morgan fingerprint density at radius 1 is 0.941 bits per heavy atom. The summed E-state index contributed by atoms with van der Waals surface area (Å²) in [4.78, 5) is 0. The molecule has 102 valence electrons. The highest BCUT2D eigenvalue weighted by Crippen LogP contribution is 2.27. The maximum absolute atomic E-state index is 3.54. The summed E-state index contributed by atoms with van der Waals surface area (Å²) in [5.41, 5.74) is 0. The summed E-state index contributed by atoms with van der Waals surface area (Å²) in [5.74, 6) is 0. The molecule has 0 saturated carbocycles. The highest BCUT2D eigenvalue weighted by atomic mass is 79.9. The smallest absolute Gasteiger partial charge is 0.0964 e. The van der Waals surface area contributed by atoms with Crippen molar-refractivity contribution in [3.63, 3.8) is 0 Å². The number of hydrogen-bond acceptors (Lipinski definition) is 1. The third-order valence-corrected chi connectivity index (χ3v) is 4.60. The number of alkyl halides is 1. The van der Waals surface area contributed by atoms with E-state index in [2.05, 4.69) is 20.9 Å². The van der Waals surface area contributed by atoms with Crippen molar-refractivity contribution >= 4 is 15.9 Å². The molecule has 0 unspecified atom stereocenters. The van der Waals surface area contributed by atoms with Crippen LogP contribution in [0.4, 0.5) is 0 Å². The molecule has 0 bridgehead atoms.